The number of nitrogens with zero attached hydrogens (tertiary/aromatic N) is 1. The van der Waals surface area contributed by atoms with Gasteiger partial charge in [-0.05, 0) is 45.7 Å². The number of nitrogens with one attached hydrogen (secondary N) is 1. The van der Waals surface area contributed by atoms with Crippen molar-refractivity contribution in [2.45, 2.75) is 65.6 Å². The maximum absolute atomic E-state index is 5.88. The first-order valence-corrected chi connectivity index (χ1v) is 8.04. The molecule has 1 aliphatic heterocycles. The van der Waals surface area contributed by atoms with Crippen LogP contribution in [0.4, 0.5) is 0 Å². The SMILES string of the molecule is CCOC1CC(N2CCC(C)NCC(C)C2)C1(C)C. The van der Waals surface area contributed by atoms with Gasteiger partial charge in [0.05, 0.1) is 6.10 Å². The summed E-state index contributed by atoms with van der Waals surface area (Å²) >= 11 is 0. The lowest BCUT2D eigenvalue weighted by Gasteiger charge is -2.56. The minimum Gasteiger partial charge on any atom is -0.378 e. The Morgan fingerprint density at radius 3 is 2.68 bits per heavy atom. The fourth-order valence-electron chi connectivity index (χ4n) is 3.67. The van der Waals surface area contributed by atoms with E-state index in [4.69, 9.17) is 4.74 Å². The zero-order valence-electron chi connectivity index (χ0n) is 13.4. The van der Waals surface area contributed by atoms with E-state index < -0.39 is 0 Å². The standard InChI is InChI=1S/C16H32N2O/c1-6-19-15-9-14(16(15,4)5)18-8-7-13(3)17-10-12(2)11-18/h12-15,17H,6-11H2,1-5H3. The highest BCUT2D eigenvalue weighted by Gasteiger charge is 2.51. The molecule has 112 valence electrons. The molecule has 3 heteroatoms. The van der Waals surface area contributed by atoms with E-state index in [1.54, 1.807) is 0 Å². The van der Waals surface area contributed by atoms with Gasteiger partial charge in [-0.15, -0.1) is 0 Å². The molecule has 1 aliphatic carbocycles. The van der Waals surface area contributed by atoms with Crippen LogP contribution in [0, 0.1) is 11.3 Å². The summed E-state index contributed by atoms with van der Waals surface area (Å²) in [6.07, 6.45) is 2.94. The Kier molecular flexibility index (Phi) is 4.91. The van der Waals surface area contributed by atoms with Crippen LogP contribution in [0.5, 0.6) is 0 Å². The van der Waals surface area contributed by atoms with Crippen LogP contribution in [-0.4, -0.2) is 49.3 Å². The summed E-state index contributed by atoms with van der Waals surface area (Å²) in [5.74, 6) is 0.740. The molecular weight excluding hydrogens is 236 g/mol. The lowest BCUT2D eigenvalue weighted by atomic mass is 9.63. The molecule has 4 atom stereocenters. The Bertz CT molecular complexity index is 292. The highest BCUT2D eigenvalue weighted by Crippen LogP contribution is 2.46. The Labute approximate surface area is 119 Å². The summed E-state index contributed by atoms with van der Waals surface area (Å²) in [7, 11) is 0. The monoisotopic (exact) mass is 268 g/mol. The van der Waals surface area contributed by atoms with Gasteiger partial charge in [0.25, 0.3) is 0 Å². The van der Waals surface area contributed by atoms with Gasteiger partial charge in [0.15, 0.2) is 0 Å². The van der Waals surface area contributed by atoms with Crippen LogP contribution in [-0.2, 0) is 4.74 Å². The van der Waals surface area contributed by atoms with E-state index in [1.165, 1.54) is 25.9 Å². The molecule has 1 saturated heterocycles. The normalized spacial score (nSPS) is 40.3. The largest absolute Gasteiger partial charge is 0.378 e. The third-order valence-corrected chi connectivity index (χ3v) is 5.14. The molecule has 19 heavy (non-hydrogen) atoms. The first-order chi connectivity index (χ1) is 8.95. The van der Waals surface area contributed by atoms with Crippen LogP contribution in [0.3, 0.4) is 0 Å². The highest BCUT2D eigenvalue weighted by atomic mass is 16.5. The molecule has 4 unspecified atom stereocenters. The first-order valence-electron chi connectivity index (χ1n) is 8.04. The summed E-state index contributed by atoms with van der Waals surface area (Å²) in [4.78, 5) is 2.73. The van der Waals surface area contributed by atoms with Crippen molar-refractivity contribution in [2.24, 2.45) is 11.3 Å². The van der Waals surface area contributed by atoms with Gasteiger partial charge in [-0.3, -0.25) is 4.90 Å². The Hall–Kier alpha value is -0.120. The zero-order valence-corrected chi connectivity index (χ0v) is 13.4. The third kappa shape index (κ3) is 3.32. The van der Waals surface area contributed by atoms with E-state index in [0.717, 1.165) is 19.1 Å². The lowest BCUT2D eigenvalue weighted by Crippen LogP contribution is -2.63. The maximum atomic E-state index is 5.88. The van der Waals surface area contributed by atoms with E-state index >= 15 is 0 Å². The topological polar surface area (TPSA) is 24.5 Å². The average molecular weight is 268 g/mol. The Morgan fingerprint density at radius 1 is 1.32 bits per heavy atom. The Morgan fingerprint density at radius 2 is 2.05 bits per heavy atom. The molecule has 1 saturated carbocycles. The fraction of sp³-hybridized carbons (Fsp3) is 1.00. The molecule has 2 rings (SSSR count). The zero-order chi connectivity index (χ0) is 14.0. The van der Waals surface area contributed by atoms with E-state index in [0.29, 0.717) is 23.6 Å². The summed E-state index contributed by atoms with van der Waals surface area (Å²) in [5.41, 5.74) is 0.311. The van der Waals surface area contributed by atoms with Gasteiger partial charge >= 0.3 is 0 Å². The van der Waals surface area contributed by atoms with Gasteiger partial charge in [0, 0.05) is 30.7 Å². The van der Waals surface area contributed by atoms with Gasteiger partial charge in [-0.25, -0.2) is 0 Å². The Balaban J connectivity index is 1.96. The van der Waals surface area contributed by atoms with Crippen molar-refractivity contribution in [2.75, 3.05) is 26.2 Å². The number of hydrogen-bond acceptors (Lipinski definition) is 3. The number of rotatable bonds is 3. The highest BCUT2D eigenvalue weighted by molar-refractivity contribution is 5.04. The predicted molar refractivity (Wildman–Crippen MR) is 80.4 cm³/mol. The second-order valence-electron chi connectivity index (χ2n) is 7.21. The molecule has 0 bridgehead atoms. The summed E-state index contributed by atoms with van der Waals surface area (Å²) in [6.45, 7) is 16.0. The number of ether oxygens (including phenoxy) is 1. The van der Waals surface area contributed by atoms with Crippen LogP contribution in [0.15, 0.2) is 0 Å². The van der Waals surface area contributed by atoms with E-state index in [9.17, 15) is 0 Å². The van der Waals surface area contributed by atoms with Gasteiger partial charge in [-0.2, -0.15) is 0 Å². The molecule has 3 nitrogen and oxygen atoms in total. The molecule has 0 spiro atoms. The molecule has 2 aliphatic rings. The van der Waals surface area contributed by atoms with Crippen molar-refractivity contribution in [3.05, 3.63) is 0 Å². The summed E-state index contributed by atoms with van der Waals surface area (Å²) in [6, 6.07) is 1.35. The molecule has 0 amide bonds. The van der Waals surface area contributed by atoms with Gasteiger partial charge in [-0.1, -0.05) is 20.8 Å². The lowest BCUT2D eigenvalue weighted by molar-refractivity contribution is -0.152. The van der Waals surface area contributed by atoms with Gasteiger partial charge in [0.2, 0.25) is 0 Å². The van der Waals surface area contributed by atoms with Crippen molar-refractivity contribution < 1.29 is 4.74 Å². The summed E-state index contributed by atoms with van der Waals surface area (Å²) in [5, 5.41) is 3.63. The van der Waals surface area contributed by atoms with Crippen LogP contribution in [0.1, 0.15) is 47.5 Å². The van der Waals surface area contributed by atoms with Gasteiger partial charge in [0.1, 0.15) is 0 Å². The fourth-order valence-corrected chi connectivity index (χ4v) is 3.67. The molecule has 0 aromatic carbocycles. The van der Waals surface area contributed by atoms with E-state index in [2.05, 4.69) is 44.8 Å². The van der Waals surface area contributed by atoms with Crippen molar-refractivity contribution in [1.82, 2.24) is 10.2 Å². The smallest absolute Gasteiger partial charge is 0.0655 e. The van der Waals surface area contributed by atoms with Crippen molar-refractivity contribution in [3.63, 3.8) is 0 Å². The molecule has 0 aromatic heterocycles. The average Bonchev–Trinajstić information content (AvgIpc) is 2.35. The van der Waals surface area contributed by atoms with E-state index in [1.807, 2.05) is 0 Å². The first kappa shape index (κ1) is 15.3. The van der Waals surface area contributed by atoms with Gasteiger partial charge < -0.3 is 10.1 Å². The molecule has 1 N–H and O–H groups in total. The minimum absolute atomic E-state index is 0.311. The number of hydrogen-bond donors (Lipinski definition) is 1. The second-order valence-corrected chi connectivity index (χ2v) is 7.21. The second kappa shape index (κ2) is 6.11. The van der Waals surface area contributed by atoms with Crippen molar-refractivity contribution in [1.29, 1.82) is 0 Å². The van der Waals surface area contributed by atoms with Crippen LogP contribution < -0.4 is 5.32 Å². The molecule has 0 radical (unpaired) electrons. The molecule has 2 fully saturated rings. The summed E-state index contributed by atoms with van der Waals surface area (Å²) < 4.78 is 5.88. The molecule has 0 aromatic rings. The van der Waals surface area contributed by atoms with Crippen molar-refractivity contribution >= 4 is 0 Å². The van der Waals surface area contributed by atoms with Crippen LogP contribution >= 0.6 is 0 Å². The third-order valence-electron chi connectivity index (χ3n) is 5.14. The van der Waals surface area contributed by atoms with Crippen molar-refractivity contribution in [3.8, 4) is 0 Å². The maximum Gasteiger partial charge on any atom is 0.0655 e. The molecular formula is C16H32N2O. The van der Waals surface area contributed by atoms with Crippen LogP contribution in [0.2, 0.25) is 0 Å². The minimum atomic E-state index is 0.311. The predicted octanol–water partition coefficient (Wildman–Crippen LogP) is 2.51. The quantitative estimate of drug-likeness (QED) is 0.851. The van der Waals surface area contributed by atoms with Crippen LogP contribution in [0.25, 0.3) is 0 Å². The molecule has 1 heterocycles. The van der Waals surface area contributed by atoms with E-state index in [-0.39, 0.29) is 0 Å².